The minimum atomic E-state index is -0.515. The van der Waals surface area contributed by atoms with Crippen LogP contribution in [0.1, 0.15) is 52.2 Å². The molecule has 28 heavy (non-hydrogen) atoms. The lowest BCUT2D eigenvalue weighted by Gasteiger charge is -2.35. The van der Waals surface area contributed by atoms with Gasteiger partial charge < -0.3 is 4.90 Å². The molecule has 0 saturated heterocycles. The van der Waals surface area contributed by atoms with Gasteiger partial charge in [0.15, 0.2) is 0 Å². The summed E-state index contributed by atoms with van der Waals surface area (Å²) in [6.45, 7) is 13.0. The van der Waals surface area contributed by atoms with Gasteiger partial charge >= 0.3 is 0 Å². The van der Waals surface area contributed by atoms with Gasteiger partial charge in [0.2, 0.25) is 0 Å². The van der Waals surface area contributed by atoms with Crippen LogP contribution in [0.5, 0.6) is 0 Å². The molecule has 0 N–H and O–H groups in total. The first-order valence-corrected chi connectivity index (χ1v) is 10.6. The molecule has 1 aliphatic rings. The topological polar surface area (TPSA) is 30.3 Å². The largest absolute Gasteiger partial charge is 0.341 e. The molecular weight excluding hydrogens is 342 g/mol. The molecule has 3 nitrogen and oxygen atoms in total. The Kier molecular flexibility index (Phi) is 6.10. The zero-order valence-electron chi connectivity index (χ0n) is 17.9. The third-order valence-electron chi connectivity index (χ3n) is 6.14. The average Bonchev–Trinajstić information content (AvgIpc) is 2.80. The number of hydrogen-bond acceptors (Lipinski definition) is 3. The van der Waals surface area contributed by atoms with E-state index < -0.39 is 5.41 Å². The van der Waals surface area contributed by atoms with Gasteiger partial charge in [-0.1, -0.05) is 36.4 Å². The molecule has 1 aliphatic heterocycles. The third-order valence-corrected chi connectivity index (χ3v) is 6.14. The molecule has 0 amide bonds. The van der Waals surface area contributed by atoms with Crippen LogP contribution in [0, 0.1) is 11.3 Å². The summed E-state index contributed by atoms with van der Waals surface area (Å²) in [5.74, 6) is 0. The van der Waals surface area contributed by atoms with Crippen molar-refractivity contribution in [1.29, 1.82) is 5.26 Å². The van der Waals surface area contributed by atoms with E-state index in [1.54, 1.807) is 0 Å². The summed E-state index contributed by atoms with van der Waals surface area (Å²) < 4.78 is 0. The molecule has 1 unspecified atom stereocenters. The van der Waals surface area contributed by atoms with Gasteiger partial charge in [-0.25, -0.2) is 0 Å². The number of hydrogen-bond donors (Lipinski definition) is 0. The molecule has 0 fully saturated rings. The van der Waals surface area contributed by atoms with Crippen molar-refractivity contribution in [1.82, 2.24) is 4.90 Å². The van der Waals surface area contributed by atoms with Gasteiger partial charge in [-0.3, -0.25) is 4.90 Å². The van der Waals surface area contributed by atoms with Gasteiger partial charge in [-0.05, 0) is 70.7 Å². The van der Waals surface area contributed by atoms with Crippen LogP contribution in [0.2, 0.25) is 0 Å². The fraction of sp³-hybridized carbons (Fsp3) is 0.480. The van der Waals surface area contributed by atoms with E-state index in [0.29, 0.717) is 12.1 Å². The van der Waals surface area contributed by atoms with Crippen molar-refractivity contribution in [2.24, 2.45) is 0 Å². The second-order valence-electron chi connectivity index (χ2n) is 8.44. The summed E-state index contributed by atoms with van der Waals surface area (Å²) in [7, 11) is 0. The van der Waals surface area contributed by atoms with Crippen molar-refractivity contribution in [3.8, 4) is 6.07 Å². The van der Waals surface area contributed by atoms with Gasteiger partial charge in [0.1, 0.15) is 0 Å². The van der Waals surface area contributed by atoms with E-state index in [2.05, 4.69) is 99.0 Å². The van der Waals surface area contributed by atoms with Crippen LogP contribution in [-0.4, -0.2) is 30.1 Å². The number of benzene rings is 2. The van der Waals surface area contributed by atoms with Crippen molar-refractivity contribution in [2.75, 3.05) is 18.0 Å². The molecule has 0 radical (unpaired) electrons. The zero-order chi connectivity index (χ0) is 20.3. The third kappa shape index (κ3) is 3.66. The van der Waals surface area contributed by atoms with Crippen molar-refractivity contribution in [3.05, 3.63) is 59.7 Å². The normalized spacial score (nSPS) is 18.8. The Morgan fingerprint density at radius 1 is 1.00 bits per heavy atom. The van der Waals surface area contributed by atoms with Crippen LogP contribution < -0.4 is 4.90 Å². The maximum Gasteiger partial charge on any atom is 0.0895 e. The van der Waals surface area contributed by atoms with E-state index in [9.17, 15) is 5.26 Å². The van der Waals surface area contributed by atoms with Crippen LogP contribution in [-0.2, 0) is 11.8 Å². The second-order valence-corrected chi connectivity index (χ2v) is 8.44. The van der Waals surface area contributed by atoms with E-state index >= 15 is 0 Å². The summed E-state index contributed by atoms with van der Waals surface area (Å²) in [5.41, 5.74) is 4.33. The molecule has 0 saturated carbocycles. The minimum absolute atomic E-state index is 0.469. The molecule has 3 heteroatoms. The Morgan fingerprint density at radius 2 is 1.61 bits per heavy atom. The quantitative estimate of drug-likeness (QED) is 0.651. The van der Waals surface area contributed by atoms with Crippen LogP contribution in [0.3, 0.4) is 0 Å². The fourth-order valence-corrected chi connectivity index (χ4v) is 4.74. The lowest BCUT2D eigenvalue weighted by Crippen LogP contribution is -2.41. The van der Waals surface area contributed by atoms with Crippen molar-refractivity contribution in [2.45, 2.75) is 65.0 Å². The Balaban J connectivity index is 2.11. The number of para-hydroxylation sites is 2. The van der Waals surface area contributed by atoms with Crippen molar-refractivity contribution < 1.29 is 0 Å². The highest BCUT2D eigenvalue weighted by molar-refractivity contribution is 5.73. The monoisotopic (exact) mass is 375 g/mol. The van der Waals surface area contributed by atoms with Crippen molar-refractivity contribution >= 4 is 11.4 Å². The van der Waals surface area contributed by atoms with Gasteiger partial charge in [0, 0.05) is 36.5 Å². The molecule has 0 aliphatic carbocycles. The zero-order valence-corrected chi connectivity index (χ0v) is 17.9. The predicted octanol–water partition coefficient (Wildman–Crippen LogP) is 5.67. The Morgan fingerprint density at radius 3 is 2.21 bits per heavy atom. The maximum absolute atomic E-state index is 10.5. The first-order chi connectivity index (χ1) is 13.4. The molecule has 3 rings (SSSR count). The van der Waals surface area contributed by atoms with E-state index in [0.717, 1.165) is 25.9 Å². The lowest BCUT2D eigenvalue weighted by molar-refractivity contribution is 0.162. The van der Waals surface area contributed by atoms with Gasteiger partial charge in [0.25, 0.3) is 0 Å². The SMILES string of the molecule is CCN1c2ccccc2CC(C#N)(CCN(C(C)C)C(C)C)c2ccccc21. The lowest BCUT2D eigenvalue weighted by atomic mass is 9.74. The highest BCUT2D eigenvalue weighted by Gasteiger charge is 2.39. The Hall–Kier alpha value is -2.31. The molecule has 2 aromatic rings. The maximum atomic E-state index is 10.5. The molecule has 0 bridgehead atoms. The van der Waals surface area contributed by atoms with E-state index in [1.165, 1.54) is 22.5 Å². The molecule has 1 atom stereocenters. The first-order valence-electron chi connectivity index (χ1n) is 10.6. The summed E-state index contributed by atoms with van der Waals surface area (Å²) in [6, 6.07) is 20.8. The van der Waals surface area contributed by atoms with Gasteiger partial charge in [-0.2, -0.15) is 5.26 Å². The number of nitriles is 1. The van der Waals surface area contributed by atoms with Gasteiger partial charge in [-0.15, -0.1) is 0 Å². The number of rotatable bonds is 6. The van der Waals surface area contributed by atoms with E-state index in [4.69, 9.17) is 0 Å². The highest BCUT2D eigenvalue weighted by Crippen LogP contribution is 2.45. The summed E-state index contributed by atoms with van der Waals surface area (Å²) in [4.78, 5) is 4.86. The second kappa shape index (κ2) is 8.37. The summed E-state index contributed by atoms with van der Waals surface area (Å²) >= 11 is 0. The smallest absolute Gasteiger partial charge is 0.0895 e. The van der Waals surface area contributed by atoms with Crippen LogP contribution in [0.4, 0.5) is 11.4 Å². The average molecular weight is 376 g/mol. The molecule has 0 spiro atoms. The first kappa shape index (κ1) is 20.4. The molecular formula is C25H33N3. The minimum Gasteiger partial charge on any atom is -0.341 e. The van der Waals surface area contributed by atoms with E-state index in [-0.39, 0.29) is 0 Å². The molecule has 0 aromatic heterocycles. The summed E-state index contributed by atoms with van der Waals surface area (Å²) in [5, 5.41) is 10.5. The summed E-state index contributed by atoms with van der Waals surface area (Å²) in [6.07, 6.45) is 1.60. The van der Waals surface area contributed by atoms with Crippen LogP contribution in [0.15, 0.2) is 48.5 Å². The van der Waals surface area contributed by atoms with Crippen LogP contribution in [0.25, 0.3) is 0 Å². The molecule has 148 valence electrons. The number of nitrogens with zero attached hydrogens (tertiary/aromatic N) is 3. The van der Waals surface area contributed by atoms with Crippen molar-refractivity contribution in [3.63, 3.8) is 0 Å². The fourth-order valence-electron chi connectivity index (χ4n) is 4.74. The van der Waals surface area contributed by atoms with Gasteiger partial charge in [0.05, 0.1) is 11.5 Å². The highest BCUT2D eigenvalue weighted by atomic mass is 15.2. The molecule has 1 heterocycles. The Labute approximate surface area is 170 Å². The Bertz CT molecular complexity index is 841. The number of fused-ring (bicyclic) bond motifs is 2. The predicted molar refractivity (Wildman–Crippen MR) is 118 cm³/mol. The standard InChI is InChI=1S/C25H33N3/c1-6-27-23-13-9-7-11-21(23)17-25(18-26,22-12-8-10-14-24(22)27)15-16-28(19(2)3)20(4)5/h7-14,19-20H,6,15-17H2,1-5H3. The molecule has 2 aromatic carbocycles. The number of anilines is 2. The van der Waals surface area contributed by atoms with E-state index in [1.807, 2.05) is 0 Å². The van der Waals surface area contributed by atoms with Crippen LogP contribution >= 0.6 is 0 Å².